The Labute approximate surface area is 185 Å². The number of halogens is 1. The molecule has 2 unspecified atom stereocenters. The van der Waals surface area contributed by atoms with Gasteiger partial charge in [0.25, 0.3) is 0 Å². The van der Waals surface area contributed by atoms with Gasteiger partial charge in [-0.1, -0.05) is 11.6 Å². The molecule has 0 heterocycles. The average molecular weight is 489 g/mol. The molecular formula is C19H21ClN2O7S2. The van der Waals surface area contributed by atoms with Gasteiger partial charge in [0.1, 0.15) is 6.04 Å². The second-order valence-corrected chi connectivity index (χ2v) is 10.6. The van der Waals surface area contributed by atoms with E-state index in [1.54, 1.807) is 0 Å². The molecule has 2 N–H and O–H groups in total. The number of ketones is 1. The largest absolute Gasteiger partial charge is 0.453 e. The van der Waals surface area contributed by atoms with Gasteiger partial charge in [0.15, 0.2) is 6.10 Å². The number of Topliss-reactive ketones (excluding diaryl/α,β-unsaturated/α-hetero) is 1. The van der Waals surface area contributed by atoms with Crippen molar-refractivity contribution in [3.05, 3.63) is 59.1 Å². The number of anilines is 1. The molecule has 31 heavy (non-hydrogen) atoms. The van der Waals surface area contributed by atoms with Crippen molar-refractivity contribution < 1.29 is 31.2 Å². The number of carbonyl (C=O) groups is 2. The van der Waals surface area contributed by atoms with E-state index in [9.17, 15) is 26.4 Å². The predicted octanol–water partition coefficient (Wildman–Crippen LogP) is 2.19. The Balaban J connectivity index is 2.00. The van der Waals surface area contributed by atoms with Gasteiger partial charge in [0, 0.05) is 16.3 Å². The molecule has 12 heteroatoms. The molecule has 2 rings (SSSR count). The standard InChI is InChI=1S/C19H21ClN2O7S2/c1-12(21-31(27,28)17-10-6-15(20)7-11-17)19(24)29-13(2)18(23)14-4-8-16(9-5-14)22-30(3,25)26/h4-13,21-22H,1-3H3. The lowest BCUT2D eigenvalue weighted by Gasteiger charge is -2.17. The number of carbonyl (C=O) groups excluding carboxylic acids is 2. The van der Waals surface area contributed by atoms with Crippen LogP contribution in [0.1, 0.15) is 24.2 Å². The summed E-state index contributed by atoms with van der Waals surface area (Å²) in [5.74, 6) is -1.47. The van der Waals surface area contributed by atoms with Crippen LogP contribution in [-0.4, -0.2) is 47.0 Å². The van der Waals surface area contributed by atoms with E-state index >= 15 is 0 Å². The summed E-state index contributed by atoms with van der Waals surface area (Å²) < 4.78 is 56.7. The number of sulfonamides is 2. The molecule has 0 saturated carbocycles. The predicted molar refractivity (Wildman–Crippen MR) is 116 cm³/mol. The lowest BCUT2D eigenvalue weighted by molar-refractivity contribution is -0.147. The third-order valence-corrected chi connectivity index (χ3v) is 6.36. The molecule has 0 aliphatic carbocycles. The van der Waals surface area contributed by atoms with Crippen molar-refractivity contribution in [3.8, 4) is 0 Å². The normalized spacial score (nSPS) is 13.8. The minimum Gasteiger partial charge on any atom is -0.453 e. The number of benzene rings is 2. The highest BCUT2D eigenvalue weighted by molar-refractivity contribution is 7.92. The fourth-order valence-corrected chi connectivity index (χ4v) is 4.33. The summed E-state index contributed by atoms with van der Waals surface area (Å²) in [6.07, 6.45) is -0.195. The monoisotopic (exact) mass is 488 g/mol. The lowest BCUT2D eigenvalue weighted by atomic mass is 10.1. The quantitative estimate of drug-likeness (QED) is 0.408. The van der Waals surface area contributed by atoms with E-state index in [1.807, 2.05) is 0 Å². The molecule has 2 aromatic rings. The van der Waals surface area contributed by atoms with E-state index < -0.39 is 43.9 Å². The van der Waals surface area contributed by atoms with E-state index in [-0.39, 0.29) is 16.1 Å². The Hall–Kier alpha value is -2.47. The molecule has 2 aromatic carbocycles. The van der Waals surface area contributed by atoms with Crippen LogP contribution < -0.4 is 9.44 Å². The van der Waals surface area contributed by atoms with Crippen molar-refractivity contribution in [2.24, 2.45) is 0 Å². The minimum absolute atomic E-state index is 0.0801. The smallest absolute Gasteiger partial charge is 0.324 e. The van der Waals surface area contributed by atoms with Gasteiger partial charge in [-0.15, -0.1) is 0 Å². The fourth-order valence-electron chi connectivity index (χ4n) is 2.44. The van der Waals surface area contributed by atoms with Crippen LogP contribution in [0.5, 0.6) is 0 Å². The summed E-state index contributed by atoms with van der Waals surface area (Å²) in [7, 11) is -7.46. The van der Waals surface area contributed by atoms with Crippen LogP contribution in [0, 0.1) is 0 Å². The zero-order valence-electron chi connectivity index (χ0n) is 16.8. The molecule has 0 spiro atoms. The molecule has 0 aliphatic rings. The first kappa shape index (κ1) is 24.8. The van der Waals surface area contributed by atoms with E-state index in [0.717, 1.165) is 6.26 Å². The number of nitrogens with one attached hydrogen (secondary N) is 2. The van der Waals surface area contributed by atoms with Crippen LogP contribution in [0.15, 0.2) is 53.4 Å². The van der Waals surface area contributed by atoms with Crippen LogP contribution in [0.2, 0.25) is 5.02 Å². The van der Waals surface area contributed by atoms with Gasteiger partial charge in [-0.25, -0.2) is 16.8 Å². The van der Waals surface area contributed by atoms with Crippen molar-refractivity contribution in [1.82, 2.24) is 4.72 Å². The van der Waals surface area contributed by atoms with Gasteiger partial charge >= 0.3 is 5.97 Å². The molecule has 0 aromatic heterocycles. The molecular weight excluding hydrogens is 468 g/mol. The highest BCUT2D eigenvalue weighted by Crippen LogP contribution is 2.16. The van der Waals surface area contributed by atoms with Crippen molar-refractivity contribution in [2.45, 2.75) is 30.9 Å². The summed E-state index contributed by atoms with van der Waals surface area (Å²) >= 11 is 5.74. The van der Waals surface area contributed by atoms with Crippen LogP contribution in [0.4, 0.5) is 5.69 Å². The third-order valence-electron chi connectivity index (χ3n) is 3.94. The molecule has 0 aliphatic heterocycles. The van der Waals surface area contributed by atoms with Gasteiger partial charge in [-0.05, 0) is 62.4 Å². The molecule has 0 amide bonds. The Bertz CT molecular complexity index is 1160. The first-order valence-electron chi connectivity index (χ1n) is 8.89. The van der Waals surface area contributed by atoms with E-state index in [4.69, 9.17) is 16.3 Å². The van der Waals surface area contributed by atoms with Crippen molar-refractivity contribution in [1.29, 1.82) is 0 Å². The van der Waals surface area contributed by atoms with Gasteiger partial charge in [-0.3, -0.25) is 14.3 Å². The zero-order valence-corrected chi connectivity index (χ0v) is 19.2. The second-order valence-electron chi connectivity index (χ2n) is 6.69. The van der Waals surface area contributed by atoms with Gasteiger partial charge in [0.2, 0.25) is 25.8 Å². The molecule has 168 valence electrons. The molecule has 0 saturated heterocycles. The van der Waals surface area contributed by atoms with Crippen molar-refractivity contribution >= 4 is 49.1 Å². The fraction of sp³-hybridized carbons (Fsp3) is 0.263. The maximum atomic E-state index is 12.5. The van der Waals surface area contributed by atoms with E-state index in [0.29, 0.717) is 5.02 Å². The summed E-state index contributed by atoms with van der Waals surface area (Å²) in [6.45, 7) is 2.64. The topological polar surface area (TPSA) is 136 Å². The zero-order chi connectivity index (χ0) is 23.4. The van der Waals surface area contributed by atoms with Gasteiger partial charge in [0.05, 0.1) is 11.2 Å². The van der Waals surface area contributed by atoms with Gasteiger partial charge in [-0.2, -0.15) is 4.72 Å². The SMILES string of the molecule is CC(NS(=O)(=O)c1ccc(Cl)cc1)C(=O)OC(C)C(=O)c1ccc(NS(C)(=O)=O)cc1. The first-order valence-corrected chi connectivity index (χ1v) is 12.6. The number of ether oxygens (including phenoxy) is 1. The van der Waals surface area contributed by atoms with E-state index in [2.05, 4.69) is 9.44 Å². The Morgan fingerprint density at radius 1 is 0.935 bits per heavy atom. The molecule has 2 atom stereocenters. The van der Waals surface area contributed by atoms with Crippen LogP contribution in [-0.2, 0) is 29.6 Å². The Morgan fingerprint density at radius 3 is 2.00 bits per heavy atom. The first-order chi connectivity index (χ1) is 14.3. The number of hydrogen-bond donors (Lipinski definition) is 2. The number of esters is 1. The maximum Gasteiger partial charge on any atom is 0.324 e. The van der Waals surface area contributed by atoms with Crippen molar-refractivity contribution in [2.75, 3.05) is 11.0 Å². The van der Waals surface area contributed by atoms with Gasteiger partial charge < -0.3 is 4.74 Å². The highest BCUT2D eigenvalue weighted by Gasteiger charge is 2.27. The average Bonchev–Trinajstić information content (AvgIpc) is 2.66. The molecule has 0 fully saturated rings. The number of hydrogen-bond acceptors (Lipinski definition) is 7. The van der Waals surface area contributed by atoms with Crippen LogP contribution >= 0.6 is 11.6 Å². The summed E-state index contributed by atoms with van der Waals surface area (Å²) in [5.41, 5.74) is 0.461. The summed E-state index contributed by atoms with van der Waals surface area (Å²) in [6, 6.07) is 9.68. The molecule has 9 nitrogen and oxygen atoms in total. The minimum atomic E-state index is -4.00. The van der Waals surface area contributed by atoms with Crippen LogP contribution in [0.3, 0.4) is 0 Å². The third kappa shape index (κ3) is 7.31. The van der Waals surface area contributed by atoms with Crippen LogP contribution in [0.25, 0.3) is 0 Å². The van der Waals surface area contributed by atoms with E-state index in [1.165, 1.54) is 62.4 Å². The highest BCUT2D eigenvalue weighted by atomic mass is 35.5. The lowest BCUT2D eigenvalue weighted by Crippen LogP contribution is -2.41. The summed E-state index contributed by atoms with van der Waals surface area (Å²) in [5, 5.41) is 0.360. The Morgan fingerprint density at radius 2 is 1.48 bits per heavy atom. The number of rotatable bonds is 9. The Kier molecular flexibility index (Phi) is 7.82. The van der Waals surface area contributed by atoms with Crippen molar-refractivity contribution in [3.63, 3.8) is 0 Å². The molecule has 0 bridgehead atoms. The second kappa shape index (κ2) is 9.77. The maximum absolute atomic E-state index is 12.5. The molecule has 0 radical (unpaired) electrons. The summed E-state index contributed by atoms with van der Waals surface area (Å²) in [4.78, 5) is 24.7.